The van der Waals surface area contributed by atoms with Crippen LogP contribution in [0.5, 0.6) is 0 Å². The molecule has 1 amide bonds. The molecule has 1 aromatic carbocycles. The summed E-state index contributed by atoms with van der Waals surface area (Å²) in [4.78, 5) is 14.2. The van der Waals surface area contributed by atoms with Gasteiger partial charge in [0.05, 0.1) is 16.0 Å². The Morgan fingerprint density at radius 2 is 1.87 bits per heavy atom. The van der Waals surface area contributed by atoms with Crippen LogP contribution in [-0.4, -0.2) is 37.0 Å². The number of fused-ring (bicyclic) bond motifs is 1. The van der Waals surface area contributed by atoms with E-state index in [2.05, 4.69) is 10.1 Å². The third-order valence-corrected chi connectivity index (χ3v) is 4.64. The first-order chi connectivity index (χ1) is 10.5. The number of sulfone groups is 1. The molecule has 0 spiro atoms. The van der Waals surface area contributed by atoms with E-state index in [0.29, 0.717) is 12.1 Å². The minimum Gasteiger partial charge on any atom is -0.411 e. The minimum absolute atomic E-state index is 0.421. The summed E-state index contributed by atoms with van der Waals surface area (Å²) >= 11 is 0. The molecular weight excluding hydrogens is 341 g/mol. The molecule has 5 N–H and O–H groups in total. The summed E-state index contributed by atoms with van der Waals surface area (Å²) in [6.07, 6.45) is -4.98. The highest BCUT2D eigenvalue weighted by Crippen LogP contribution is 2.37. The van der Waals surface area contributed by atoms with E-state index < -0.39 is 60.9 Å². The predicted octanol–water partition coefficient (Wildman–Crippen LogP) is 0.0846. The van der Waals surface area contributed by atoms with Crippen molar-refractivity contribution in [2.24, 2.45) is 21.6 Å². The summed E-state index contributed by atoms with van der Waals surface area (Å²) in [5.41, 5.74) is 6.57. The van der Waals surface area contributed by atoms with E-state index in [0.717, 1.165) is 0 Å². The molecule has 0 aromatic heterocycles. The fraction of sp³-hybridized carbons (Fsp3) is 0.182. The molecule has 2 rings (SSSR count). The van der Waals surface area contributed by atoms with Gasteiger partial charge in [-0.2, -0.15) is 18.2 Å². The maximum Gasteiger partial charge on any atom is 0.417 e. The summed E-state index contributed by atoms with van der Waals surface area (Å²) in [5, 5.41) is 11.4. The van der Waals surface area contributed by atoms with Crippen LogP contribution in [0.15, 0.2) is 27.2 Å². The number of halogens is 3. The maximum atomic E-state index is 13.1. The standard InChI is InChI=1S/C11H9F3N4O4S/c12-11(13,14)6-1-5-7(18-20)3-23(21,22)8(5)2-4(6)9(19)17-10(15)16/h1-2,20H,3H2,(H4,15,16,17,19). The third-order valence-electron chi connectivity index (χ3n) is 2.98. The molecule has 1 aromatic rings. The Hall–Kier alpha value is -2.63. The van der Waals surface area contributed by atoms with Crippen molar-refractivity contribution in [2.45, 2.75) is 11.1 Å². The number of nitrogens with zero attached hydrogens (tertiary/aromatic N) is 2. The number of amides is 1. The first-order valence-corrected chi connectivity index (χ1v) is 7.46. The second-order valence-electron chi connectivity index (χ2n) is 4.54. The van der Waals surface area contributed by atoms with Crippen LogP contribution in [0.25, 0.3) is 0 Å². The first-order valence-electron chi connectivity index (χ1n) is 5.80. The molecule has 1 aliphatic rings. The minimum atomic E-state index is -4.98. The van der Waals surface area contributed by atoms with Gasteiger partial charge in [-0.05, 0) is 12.1 Å². The van der Waals surface area contributed by atoms with Crippen LogP contribution >= 0.6 is 0 Å². The van der Waals surface area contributed by atoms with E-state index in [9.17, 15) is 26.4 Å². The molecule has 0 aliphatic carbocycles. The van der Waals surface area contributed by atoms with Crippen molar-refractivity contribution in [2.75, 3.05) is 5.75 Å². The lowest BCUT2D eigenvalue weighted by Crippen LogP contribution is -2.25. The number of hydrogen-bond acceptors (Lipinski definition) is 5. The van der Waals surface area contributed by atoms with Crippen LogP contribution in [0.4, 0.5) is 13.2 Å². The van der Waals surface area contributed by atoms with Gasteiger partial charge < -0.3 is 16.7 Å². The van der Waals surface area contributed by atoms with Crippen LogP contribution in [0.3, 0.4) is 0 Å². The average molecular weight is 350 g/mol. The Kier molecular flexibility index (Phi) is 3.80. The largest absolute Gasteiger partial charge is 0.417 e. The average Bonchev–Trinajstić information content (AvgIpc) is 2.66. The quantitative estimate of drug-likeness (QED) is 0.283. The van der Waals surface area contributed by atoms with Crippen molar-refractivity contribution in [3.8, 4) is 0 Å². The molecule has 0 radical (unpaired) electrons. The molecule has 12 heteroatoms. The molecule has 0 saturated heterocycles. The smallest absolute Gasteiger partial charge is 0.411 e. The van der Waals surface area contributed by atoms with Crippen LogP contribution in [0.2, 0.25) is 0 Å². The van der Waals surface area contributed by atoms with Crippen LogP contribution in [-0.2, 0) is 16.0 Å². The molecule has 0 unspecified atom stereocenters. The van der Waals surface area contributed by atoms with Gasteiger partial charge in [-0.1, -0.05) is 5.16 Å². The number of alkyl halides is 3. The molecular formula is C11H9F3N4O4S. The second-order valence-corrected chi connectivity index (χ2v) is 6.50. The molecule has 0 fully saturated rings. The van der Waals surface area contributed by atoms with E-state index >= 15 is 0 Å². The zero-order valence-electron chi connectivity index (χ0n) is 11.1. The summed E-state index contributed by atoms with van der Waals surface area (Å²) in [6, 6.07) is 0.949. The number of guanidine groups is 1. The monoisotopic (exact) mass is 350 g/mol. The fourth-order valence-electron chi connectivity index (χ4n) is 2.07. The van der Waals surface area contributed by atoms with Crippen molar-refractivity contribution < 1.29 is 31.6 Å². The molecule has 124 valence electrons. The van der Waals surface area contributed by atoms with Gasteiger partial charge in [0.25, 0.3) is 5.91 Å². The van der Waals surface area contributed by atoms with E-state index in [-0.39, 0.29) is 0 Å². The highest BCUT2D eigenvalue weighted by molar-refractivity contribution is 7.92. The zero-order valence-corrected chi connectivity index (χ0v) is 11.9. The predicted molar refractivity (Wildman–Crippen MR) is 72.0 cm³/mol. The first kappa shape index (κ1) is 16.7. The molecule has 23 heavy (non-hydrogen) atoms. The summed E-state index contributed by atoms with van der Waals surface area (Å²) in [5.74, 6) is -3.00. The summed E-state index contributed by atoms with van der Waals surface area (Å²) in [7, 11) is -4.03. The topological polar surface area (TPSA) is 148 Å². The Labute approximate surface area is 127 Å². The highest BCUT2D eigenvalue weighted by Gasteiger charge is 2.41. The van der Waals surface area contributed by atoms with E-state index in [1.54, 1.807) is 0 Å². The van der Waals surface area contributed by atoms with Crippen molar-refractivity contribution >= 4 is 27.4 Å². The SMILES string of the molecule is NC(N)=NC(=O)c1cc2c(cc1C(F)(F)F)C(=NO)CS2(=O)=O. The summed E-state index contributed by atoms with van der Waals surface area (Å²) in [6.45, 7) is 0. The Morgan fingerprint density at radius 3 is 2.35 bits per heavy atom. The number of carbonyl (C=O) groups is 1. The number of nitrogens with two attached hydrogens (primary N) is 2. The van der Waals surface area contributed by atoms with Gasteiger partial charge in [-0.3, -0.25) is 4.79 Å². The summed E-state index contributed by atoms with van der Waals surface area (Å²) < 4.78 is 63.2. The number of oxime groups is 1. The molecule has 1 heterocycles. The highest BCUT2D eigenvalue weighted by atomic mass is 32.2. The number of rotatable bonds is 1. The van der Waals surface area contributed by atoms with Crippen LogP contribution in [0, 0.1) is 0 Å². The van der Waals surface area contributed by atoms with Gasteiger partial charge in [0.15, 0.2) is 15.8 Å². The van der Waals surface area contributed by atoms with Crippen molar-refractivity contribution in [3.05, 3.63) is 28.8 Å². The van der Waals surface area contributed by atoms with Gasteiger partial charge in [-0.15, -0.1) is 0 Å². The molecule has 0 atom stereocenters. The number of benzene rings is 1. The van der Waals surface area contributed by atoms with Crippen molar-refractivity contribution in [3.63, 3.8) is 0 Å². The van der Waals surface area contributed by atoms with Gasteiger partial charge in [0.1, 0.15) is 11.5 Å². The van der Waals surface area contributed by atoms with Crippen LogP contribution in [0.1, 0.15) is 21.5 Å². The van der Waals surface area contributed by atoms with Gasteiger partial charge >= 0.3 is 6.18 Å². The van der Waals surface area contributed by atoms with Crippen molar-refractivity contribution in [1.82, 2.24) is 0 Å². The van der Waals surface area contributed by atoms with Crippen molar-refractivity contribution in [1.29, 1.82) is 0 Å². The zero-order chi connectivity index (χ0) is 17.6. The Morgan fingerprint density at radius 1 is 1.26 bits per heavy atom. The molecule has 0 saturated carbocycles. The number of carbonyl (C=O) groups excluding carboxylic acids is 1. The normalized spacial score (nSPS) is 17.8. The Balaban J connectivity index is 2.84. The lowest BCUT2D eigenvalue weighted by Gasteiger charge is -2.12. The molecule has 8 nitrogen and oxygen atoms in total. The van der Waals surface area contributed by atoms with Gasteiger partial charge in [0.2, 0.25) is 0 Å². The van der Waals surface area contributed by atoms with E-state index in [4.69, 9.17) is 16.7 Å². The van der Waals surface area contributed by atoms with E-state index in [1.165, 1.54) is 0 Å². The fourth-order valence-corrected chi connectivity index (χ4v) is 3.61. The Bertz CT molecular complexity index is 855. The molecule has 0 bridgehead atoms. The number of aliphatic imine (C=N–C) groups is 1. The van der Waals surface area contributed by atoms with Crippen LogP contribution < -0.4 is 11.5 Å². The maximum absolute atomic E-state index is 13.1. The van der Waals surface area contributed by atoms with Gasteiger partial charge in [-0.25, -0.2) is 8.42 Å². The number of hydrogen-bond donors (Lipinski definition) is 3. The lowest BCUT2D eigenvalue weighted by atomic mass is 10.0. The lowest BCUT2D eigenvalue weighted by molar-refractivity contribution is -0.138. The van der Waals surface area contributed by atoms with Gasteiger partial charge in [0, 0.05) is 5.56 Å². The molecule has 1 aliphatic heterocycles. The van der Waals surface area contributed by atoms with E-state index in [1.807, 2.05) is 0 Å². The third kappa shape index (κ3) is 2.97. The second kappa shape index (κ2) is 5.22.